The Labute approximate surface area is 245 Å². The topological polar surface area (TPSA) is 148 Å². The molecule has 4 unspecified atom stereocenters. The van der Waals surface area contributed by atoms with Crippen molar-refractivity contribution in [1.82, 2.24) is 15.5 Å². The first-order valence-electron chi connectivity index (χ1n) is 15.3. The summed E-state index contributed by atoms with van der Waals surface area (Å²) in [5, 5.41) is 5.61. The molecular formula is C31H52N4O6. The summed E-state index contributed by atoms with van der Waals surface area (Å²) in [4.78, 5) is 67.2. The van der Waals surface area contributed by atoms with Crippen LogP contribution in [-0.2, 0) is 23.9 Å². The molecule has 1 saturated heterocycles. The van der Waals surface area contributed by atoms with Crippen LogP contribution in [0, 0.1) is 22.2 Å². The van der Waals surface area contributed by atoms with E-state index < -0.39 is 52.8 Å². The van der Waals surface area contributed by atoms with Gasteiger partial charge in [0.05, 0.1) is 6.04 Å². The molecule has 10 heteroatoms. The first kappa shape index (κ1) is 32.9. The Kier molecular flexibility index (Phi) is 9.55. The monoisotopic (exact) mass is 576 g/mol. The number of carbonyl (C=O) groups is 5. The van der Waals surface area contributed by atoms with E-state index in [1.165, 1.54) is 0 Å². The molecule has 3 fully saturated rings. The number of primary amides is 1. The smallest absolute Gasteiger partial charge is 0.408 e. The zero-order valence-corrected chi connectivity index (χ0v) is 26.4. The fourth-order valence-corrected chi connectivity index (χ4v) is 7.17. The van der Waals surface area contributed by atoms with Crippen LogP contribution in [0.3, 0.4) is 0 Å². The molecule has 3 rings (SSSR count). The van der Waals surface area contributed by atoms with Gasteiger partial charge in [-0.3, -0.25) is 19.2 Å². The molecule has 10 nitrogen and oxygen atoms in total. The van der Waals surface area contributed by atoms with Crippen LogP contribution < -0.4 is 16.4 Å². The molecule has 0 aromatic heterocycles. The molecule has 2 saturated carbocycles. The Morgan fingerprint density at radius 1 is 0.976 bits per heavy atom. The predicted molar refractivity (Wildman–Crippen MR) is 156 cm³/mol. The average Bonchev–Trinajstić information content (AvgIpc) is 3.25. The minimum atomic E-state index is -1.07. The van der Waals surface area contributed by atoms with Gasteiger partial charge in [0.1, 0.15) is 17.7 Å². The van der Waals surface area contributed by atoms with Gasteiger partial charge in [-0.1, -0.05) is 53.9 Å². The minimum absolute atomic E-state index is 0.00472. The summed E-state index contributed by atoms with van der Waals surface area (Å²) in [6.07, 6.45) is 6.85. The third kappa shape index (κ3) is 6.88. The lowest BCUT2D eigenvalue weighted by atomic mass is 9.46. The van der Waals surface area contributed by atoms with E-state index in [0.717, 1.165) is 44.9 Å². The number of amides is 4. The molecular weight excluding hydrogens is 524 g/mol. The van der Waals surface area contributed by atoms with E-state index in [2.05, 4.69) is 24.5 Å². The molecule has 0 aromatic rings. The van der Waals surface area contributed by atoms with E-state index in [-0.39, 0.29) is 22.7 Å². The molecule has 0 aromatic carbocycles. The Hall–Kier alpha value is -2.65. The van der Waals surface area contributed by atoms with Crippen LogP contribution in [-0.4, -0.2) is 64.8 Å². The zero-order valence-electron chi connectivity index (χ0n) is 26.4. The lowest BCUT2D eigenvalue weighted by Gasteiger charge is -2.58. The number of ether oxygens (including phenoxy) is 1. The SMILES string of the molecule is CCC1(CC)CCC12CC(C(=O)NC(CC1CCC1)C(=O)C(N)=O)N(C(=O)C(NC(=O)OC(C)(C)C)C(C)(C)C)C2. The van der Waals surface area contributed by atoms with Crippen molar-refractivity contribution < 1.29 is 28.7 Å². The van der Waals surface area contributed by atoms with Crippen LogP contribution in [0.1, 0.15) is 113 Å². The highest BCUT2D eigenvalue weighted by molar-refractivity contribution is 6.37. The number of nitrogens with zero attached hydrogens (tertiary/aromatic N) is 1. The third-order valence-electron chi connectivity index (χ3n) is 10.0. The van der Waals surface area contributed by atoms with Crippen LogP contribution in [0.25, 0.3) is 0 Å². The van der Waals surface area contributed by atoms with Crippen molar-refractivity contribution in [1.29, 1.82) is 0 Å². The van der Waals surface area contributed by atoms with Crippen molar-refractivity contribution in [3.63, 3.8) is 0 Å². The van der Waals surface area contributed by atoms with Crippen LogP contribution in [0.15, 0.2) is 0 Å². The van der Waals surface area contributed by atoms with E-state index in [0.29, 0.717) is 19.4 Å². The molecule has 4 N–H and O–H groups in total. The first-order valence-corrected chi connectivity index (χ1v) is 15.3. The van der Waals surface area contributed by atoms with E-state index in [1.54, 1.807) is 25.7 Å². The van der Waals surface area contributed by atoms with Gasteiger partial charge in [-0.25, -0.2) is 4.79 Å². The van der Waals surface area contributed by atoms with Crippen LogP contribution in [0.4, 0.5) is 4.79 Å². The van der Waals surface area contributed by atoms with Gasteiger partial charge >= 0.3 is 6.09 Å². The average molecular weight is 577 g/mol. The van der Waals surface area contributed by atoms with Crippen LogP contribution in [0.5, 0.6) is 0 Å². The number of ketones is 1. The molecule has 2 aliphatic carbocycles. The van der Waals surface area contributed by atoms with Gasteiger partial charge in [-0.05, 0) is 81.5 Å². The normalized spacial score (nSPS) is 25.5. The number of Topliss-reactive ketones (excluding diaryl/α,β-unsaturated/α-hetero) is 1. The summed E-state index contributed by atoms with van der Waals surface area (Å²) >= 11 is 0. The molecule has 1 spiro atoms. The van der Waals surface area contributed by atoms with E-state index in [4.69, 9.17) is 10.5 Å². The molecule has 4 atom stereocenters. The predicted octanol–water partition coefficient (Wildman–Crippen LogP) is 3.84. The number of carbonyl (C=O) groups excluding carboxylic acids is 5. The van der Waals surface area contributed by atoms with Gasteiger partial charge in [0.2, 0.25) is 17.6 Å². The maximum absolute atomic E-state index is 14.3. The highest BCUT2D eigenvalue weighted by atomic mass is 16.6. The van der Waals surface area contributed by atoms with Crippen molar-refractivity contribution in [3.8, 4) is 0 Å². The second-order valence-electron chi connectivity index (χ2n) is 14.7. The van der Waals surface area contributed by atoms with E-state index in [9.17, 15) is 24.0 Å². The highest BCUT2D eigenvalue weighted by Crippen LogP contribution is 2.66. The maximum atomic E-state index is 14.3. The van der Waals surface area contributed by atoms with Gasteiger partial charge in [0, 0.05) is 6.54 Å². The van der Waals surface area contributed by atoms with Crippen LogP contribution in [0.2, 0.25) is 0 Å². The number of likely N-dealkylation sites (tertiary alicyclic amines) is 1. The lowest BCUT2D eigenvalue weighted by Crippen LogP contribution is -2.59. The molecule has 0 radical (unpaired) electrons. The fourth-order valence-electron chi connectivity index (χ4n) is 7.17. The number of hydrogen-bond acceptors (Lipinski definition) is 6. The Bertz CT molecular complexity index is 1030. The van der Waals surface area contributed by atoms with Crippen molar-refractivity contribution in [2.24, 2.45) is 27.9 Å². The Morgan fingerprint density at radius 3 is 2.00 bits per heavy atom. The van der Waals surface area contributed by atoms with Crippen molar-refractivity contribution >= 4 is 29.6 Å². The molecule has 1 heterocycles. The quantitative estimate of drug-likeness (QED) is 0.337. The molecule has 0 bridgehead atoms. The second-order valence-corrected chi connectivity index (χ2v) is 14.7. The number of rotatable bonds is 10. The van der Waals surface area contributed by atoms with Crippen molar-refractivity contribution in [2.45, 2.75) is 137 Å². The Balaban J connectivity index is 1.94. The zero-order chi connectivity index (χ0) is 31.0. The molecule has 1 aliphatic heterocycles. The summed E-state index contributed by atoms with van der Waals surface area (Å²) < 4.78 is 5.46. The summed E-state index contributed by atoms with van der Waals surface area (Å²) in [6, 6.07) is -2.80. The van der Waals surface area contributed by atoms with E-state index >= 15 is 0 Å². The number of nitrogens with two attached hydrogens (primary N) is 1. The van der Waals surface area contributed by atoms with Gasteiger partial charge in [0.15, 0.2) is 0 Å². The molecule has 4 amide bonds. The first-order chi connectivity index (χ1) is 18.9. The van der Waals surface area contributed by atoms with Gasteiger partial charge < -0.3 is 26.0 Å². The Morgan fingerprint density at radius 2 is 1.59 bits per heavy atom. The maximum Gasteiger partial charge on any atom is 0.408 e. The van der Waals surface area contributed by atoms with Crippen molar-refractivity contribution in [2.75, 3.05) is 6.54 Å². The van der Waals surface area contributed by atoms with Crippen LogP contribution >= 0.6 is 0 Å². The highest BCUT2D eigenvalue weighted by Gasteiger charge is 2.63. The van der Waals surface area contributed by atoms with Gasteiger partial charge in [-0.15, -0.1) is 0 Å². The summed E-state index contributed by atoms with van der Waals surface area (Å²) in [6.45, 7) is 15.6. The molecule has 3 aliphatic rings. The largest absolute Gasteiger partial charge is 0.444 e. The van der Waals surface area contributed by atoms with Gasteiger partial charge in [-0.2, -0.15) is 0 Å². The molecule has 41 heavy (non-hydrogen) atoms. The third-order valence-corrected chi connectivity index (χ3v) is 10.0. The fraction of sp³-hybridized carbons (Fsp3) is 0.839. The molecule has 232 valence electrons. The summed E-state index contributed by atoms with van der Waals surface area (Å²) in [5.74, 6) is -2.44. The van der Waals surface area contributed by atoms with E-state index in [1.807, 2.05) is 20.8 Å². The summed E-state index contributed by atoms with van der Waals surface area (Å²) in [7, 11) is 0. The minimum Gasteiger partial charge on any atom is -0.444 e. The lowest BCUT2D eigenvalue weighted by molar-refractivity contribution is -0.144. The van der Waals surface area contributed by atoms with Gasteiger partial charge in [0.25, 0.3) is 5.91 Å². The number of alkyl carbamates (subject to hydrolysis) is 1. The van der Waals surface area contributed by atoms with Crippen molar-refractivity contribution in [3.05, 3.63) is 0 Å². The second kappa shape index (κ2) is 11.9. The summed E-state index contributed by atoms with van der Waals surface area (Å²) in [5.41, 5.74) is 3.69. The standard InChI is InChI=1S/C31H52N4O6/c1-9-30(10-2)14-15-31(30)17-21(25(38)33-20(22(36)24(32)37)16-19-12-11-13-19)35(18-31)26(39)23(28(3,4)5)34-27(40)41-29(6,7)8/h19-21,23H,9-18H2,1-8H3,(H2,32,37)(H,33,38)(H,34,40). The number of nitrogens with one attached hydrogen (secondary N) is 2. The number of hydrogen-bond donors (Lipinski definition) is 3.